The van der Waals surface area contributed by atoms with E-state index < -0.39 is 21.8 Å². The zero-order valence-electron chi connectivity index (χ0n) is 19.3. The van der Waals surface area contributed by atoms with Crippen LogP contribution < -0.4 is 32.4 Å². The first-order valence-electron chi connectivity index (χ1n) is 10.7. The number of sulfone groups is 1. The van der Waals surface area contributed by atoms with Crippen LogP contribution >= 0.6 is 0 Å². The summed E-state index contributed by atoms with van der Waals surface area (Å²) in [5.41, 5.74) is 24.3. The molecule has 0 radical (unpaired) electrons. The van der Waals surface area contributed by atoms with Crippen LogP contribution in [0, 0.1) is 0 Å². The molecule has 0 aliphatic carbocycles. The maximum absolute atomic E-state index is 13.0. The molecular weight excluding hydrogens is 496 g/mol. The van der Waals surface area contributed by atoms with Gasteiger partial charge in [0, 0.05) is 22.7 Å². The highest BCUT2D eigenvalue weighted by atomic mass is 32.2. The molecule has 4 aromatic carbocycles. The van der Waals surface area contributed by atoms with Gasteiger partial charge in [0.2, 0.25) is 9.84 Å². The van der Waals surface area contributed by atoms with Crippen LogP contribution in [-0.4, -0.2) is 20.4 Å². The molecule has 0 saturated carbocycles. The molecule has 0 saturated heterocycles. The van der Waals surface area contributed by atoms with Crippen LogP contribution in [0.2, 0.25) is 0 Å². The van der Waals surface area contributed by atoms with E-state index in [0.29, 0.717) is 22.7 Å². The number of benzene rings is 4. The van der Waals surface area contributed by atoms with Crippen molar-refractivity contribution in [2.75, 3.05) is 22.9 Å². The van der Waals surface area contributed by atoms with Crippen molar-refractivity contribution in [1.29, 1.82) is 0 Å². The lowest BCUT2D eigenvalue weighted by atomic mass is 10.2. The highest BCUT2D eigenvalue weighted by molar-refractivity contribution is 7.91. The van der Waals surface area contributed by atoms with Crippen molar-refractivity contribution < 1.29 is 27.5 Å². The van der Waals surface area contributed by atoms with Crippen LogP contribution in [0.15, 0.2) is 94.7 Å². The molecule has 4 rings (SSSR count). The standard InChI is InChI=1S/C26H22N4O6S/c27-17-9-15(10-18(28)13-17)25(31)35-21-1-5-23(6-2-21)37(33,34)24-7-3-22(4-8-24)36-26(32)16-11-19(29)14-20(30)12-16/h1-14H,27-30H2. The van der Waals surface area contributed by atoms with E-state index in [1.807, 2.05) is 0 Å². The van der Waals surface area contributed by atoms with E-state index in [-0.39, 0.29) is 32.4 Å². The predicted octanol–water partition coefficient (Wildman–Crippen LogP) is 3.29. The molecule has 0 amide bonds. The van der Waals surface area contributed by atoms with Gasteiger partial charge in [-0.25, -0.2) is 18.0 Å². The highest BCUT2D eigenvalue weighted by Crippen LogP contribution is 2.26. The molecule has 0 aromatic heterocycles. The van der Waals surface area contributed by atoms with Crippen LogP contribution in [0.25, 0.3) is 0 Å². The van der Waals surface area contributed by atoms with E-state index in [2.05, 4.69) is 0 Å². The largest absolute Gasteiger partial charge is 0.423 e. The summed E-state index contributed by atoms with van der Waals surface area (Å²) in [5, 5.41) is 0. The monoisotopic (exact) mass is 518 g/mol. The molecule has 8 N–H and O–H groups in total. The SMILES string of the molecule is Nc1cc(N)cc(C(=O)Oc2ccc(S(=O)(=O)c3ccc(OC(=O)c4cc(N)cc(N)c4)cc3)cc2)c1. The minimum atomic E-state index is -3.90. The maximum atomic E-state index is 13.0. The van der Waals surface area contributed by atoms with Crippen molar-refractivity contribution in [2.45, 2.75) is 9.79 Å². The van der Waals surface area contributed by atoms with Gasteiger partial charge < -0.3 is 32.4 Å². The third kappa shape index (κ3) is 5.80. The molecule has 0 aliphatic rings. The molecular formula is C26H22N4O6S. The number of rotatable bonds is 6. The fraction of sp³-hybridized carbons (Fsp3) is 0. The molecule has 11 heteroatoms. The lowest BCUT2D eigenvalue weighted by Gasteiger charge is -2.09. The average molecular weight is 519 g/mol. The van der Waals surface area contributed by atoms with Gasteiger partial charge in [-0.15, -0.1) is 0 Å². The van der Waals surface area contributed by atoms with Gasteiger partial charge in [-0.1, -0.05) is 0 Å². The second kappa shape index (κ2) is 9.91. The lowest BCUT2D eigenvalue weighted by molar-refractivity contribution is 0.0725. The third-order valence-electron chi connectivity index (χ3n) is 5.12. The van der Waals surface area contributed by atoms with Gasteiger partial charge in [0.25, 0.3) is 0 Å². The van der Waals surface area contributed by atoms with Crippen molar-refractivity contribution >= 4 is 44.5 Å². The van der Waals surface area contributed by atoms with E-state index in [9.17, 15) is 18.0 Å². The summed E-state index contributed by atoms with van der Waals surface area (Å²) in [4.78, 5) is 24.7. The first-order chi connectivity index (χ1) is 17.5. The lowest BCUT2D eigenvalue weighted by Crippen LogP contribution is -2.10. The minimum Gasteiger partial charge on any atom is -0.423 e. The van der Waals surface area contributed by atoms with Crippen LogP contribution in [0.1, 0.15) is 20.7 Å². The number of hydrogen-bond acceptors (Lipinski definition) is 10. The van der Waals surface area contributed by atoms with E-state index in [1.165, 1.54) is 84.9 Å². The Hall–Kier alpha value is -5.03. The van der Waals surface area contributed by atoms with Crippen molar-refractivity contribution in [1.82, 2.24) is 0 Å². The number of ether oxygens (including phenoxy) is 2. The first-order valence-corrected chi connectivity index (χ1v) is 12.2. The van der Waals surface area contributed by atoms with Crippen molar-refractivity contribution in [3.05, 3.63) is 96.1 Å². The molecule has 10 nitrogen and oxygen atoms in total. The molecule has 0 heterocycles. The number of carbonyl (C=O) groups is 2. The quantitative estimate of drug-likeness (QED) is 0.167. The Kier molecular flexibility index (Phi) is 6.72. The number of anilines is 4. The Balaban J connectivity index is 1.46. The molecule has 0 bridgehead atoms. The van der Waals surface area contributed by atoms with E-state index in [4.69, 9.17) is 32.4 Å². The summed E-state index contributed by atoms with van der Waals surface area (Å²) in [5.74, 6) is -1.12. The summed E-state index contributed by atoms with van der Waals surface area (Å²) < 4.78 is 36.6. The van der Waals surface area contributed by atoms with Gasteiger partial charge >= 0.3 is 11.9 Å². The Morgan fingerprint density at radius 1 is 0.514 bits per heavy atom. The smallest absolute Gasteiger partial charge is 0.343 e. The van der Waals surface area contributed by atoms with Gasteiger partial charge in [0.1, 0.15) is 11.5 Å². The van der Waals surface area contributed by atoms with Gasteiger partial charge in [0.15, 0.2) is 0 Å². The number of nitrogens with two attached hydrogens (primary N) is 4. The molecule has 0 spiro atoms. The number of hydrogen-bond donors (Lipinski definition) is 4. The number of nitrogen functional groups attached to an aromatic ring is 4. The van der Waals surface area contributed by atoms with Gasteiger partial charge in [-0.05, 0) is 84.9 Å². The molecule has 4 aromatic rings. The van der Waals surface area contributed by atoms with Crippen LogP contribution in [-0.2, 0) is 9.84 Å². The summed E-state index contributed by atoms with van der Waals surface area (Å²) in [6, 6.07) is 19.3. The number of carbonyl (C=O) groups excluding carboxylic acids is 2. The van der Waals surface area contributed by atoms with Crippen LogP contribution in [0.3, 0.4) is 0 Å². The first kappa shape index (κ1) is 25.1. The zero-order chi connectivity index (χ0) is 26.7. The maximum Gasteiger partial charge on any atom is 0.343 e. The van der Waals surface area contributed by atoms with E-state index in [1.54, 1.807) is 0 Å². The van der Waals surface area contributed by atoms with Crippen LogP contribution in [0.5, 0.6) is 11.5 Å². The highest BCUT2D eigenvalue weighted by Gasteiger charge is 2.19. The fourth-order valence-electron chi connectivity index (χ4n) is 3.43. The molecule has 0 fully saturated rings. The summed E-state index contributed by atoms with van der Waals surface area (Å²) >= 11 is 0. The third-order valence-corrected chi connectivity index (χ3v) is 6.90. The number of esters is 2. The van der Waals surface area contributed by atoms with Crippen molar-refractivity contribution in [2.24, 2.45) is 0 Å². The van der Waals surface area contributed by atoms with E-state index >= 15 is 0 Å². The zero-order valence-corrected chi connectivity index (χ0v) is 20.1. The normalized spacial score (nSPS) is 11.0. The molecule has 0 atom stereocenters. The van der Waals surface area contributed by atoms with E-state index in [0.717, 1.165) is 0 Å². The Bertz CT molecular complexity index is 1450. The Morgan fingerprint density at radius 3 is 1.11 bits per heavy atom. The Labute approximate surface area is 212 Å². The van der Waals surface area contributed by atoms with Gasteiger partial charge in [0.05, 0.1) is 20.9 Å². The Morgan fingerprint density at radius 2 is 0.811 bits per heavy atom. The molecule has 188 valence electrons. The predicted molar refractivity (Wildman–Crippen MR) is 139 cm³/mol. The molecule has 0 unspecified atom stereocenters. The average Bonchev–Trinajstić information content (AvgIpc) is 2.83. The van der Waals surface area contributed by atoms with Crippen molar-refractivity contribution in [3.63, 3.8) is 0 Å². The molecule has 0 aliphatic heterocycles. The fourth-order valence-corrected chi connectivity index (χ4v) is 4.69. The van der Waals surface area contributed by atoms with Gasteiger partial charge in [-0.2, -0.15) is 0 Å². The summed E-state index contributed by atoms with van der Waals surface area (Å²) in [6.45, 7) is 0. The minimum absolute atomic E-state index is 0.0273. The second-order valence-electron chi connectivity index (χ2n) is 8.00. The van der Waals surface area contributed by atoms with Crippen LogP contribution in [0.4, 0.5) is 22.7 Å². The van der Waals surface area contributed by atoms with Crippen molar-refractivity contribution in [3.8, 4) is 11.5 Å². The van der Waals surface area contributed by atoms with Gasteiger partial charge in [-0.3, -0.25) is 0 Å². The molecule has 37 heavy (non-hydrogen) atoms. The second-order valence-corrected chi connectivity index (χ2v) is 9.95. The summed E-state index contributed by atoms with van der Waals surface area (Å²) in [7, 11) is -3.90. The summed E-state index contributed by atoms with van der Waals surface area (Å²) in [6.07, 6.45) is 0. The topological polar surface area (TPSA) is 191 Å².